The van der Waals surface area contributed by atoms with Gasteiger partial charge in [0.05, 0.1) is 23.3 Å². The number of amides is 2. The first kappa shape index (κ1) is 25.3. The molecule has 3 aromatic rings. The van der Waals surface area contributed by atoms with Gasteiger partial charge in [-0.3, -0.25) is 9.59 Å². The van der Waals surface area contributed by atoms with Crippen LogP contribution in [0, 0.1) is 17.7 Å². The van der Waals surface area contributed by atoms with Crippen LogP contribution in [0.1, 0.15) is 63.1 Å². The molecule has 3 heterocycles. The van der Waals surface area contributed by atoms with E-state index in [0.717, 1.165) is 55.1 Å². The Morgan fingerprint density at radius 1 is 1.11 bits per heavy atom. The molecular weight excluding hydrogens is 471 g/mol. The predicted octanol–water partition coefficient (Wildman–Crippen LogP) is 3.88. The van der Waals surface area contributed by atoms with Gasteiger partial charge in [-0.25, -0.2) is 14.4 Å². The first-order valence-corrected chi connectivity index (χ1v) is 13.3. The zero-order valence-electron chi connectivity index (χ0n) is 21.3. The Hall–Kier alpha value is -3.33. The van der Waals surface area contributed by atoms with Crippen molar-refractivity contribution in [2.75, 3.05) is 13.6 Å². The Bertz CT molecular complexity index is 1270. The molecule has 1 aliphatic carbocycles. The van der Waals surface area contributed by atoms with Crippen molar-refractivity contribution in [1.29, 1.82) is 0 Å². The van der Waals surface area contributed by atoms with E-state index in [4.69, 9.17) is 5.73 Å². The van der Waals surface area contributed by atoms with Crippen molar-refractivity contribution in [1.82, 2.24) is 24.8 Å². The van der Waals surface area contributed by atoms with Gasteiger partial charge in [-0.2, -0.15) is 0 Å². The van der Waals surface area contributed by atoms with Crippen molar-refractivity contribution < 1.29 is 14.0 Å². The Balaban J connectivity index is 1.42. The molecule has 1 aliphatic heterocycles. The Morgan fingerprint density at radius 3 is 2.68 bits per heavy atom. The van der Waals surface area contributed by atoms with E-state index in [1.807, 2.05) is 27.8 Å². The summed E-state index contributed by atoms with van der Waals surface area (Å²) >= 11 is 0. The number of hydrogen-bond acceptors (Lipinski definition) is 5. The van der Waals surface area contributed by atoms with Crippen LogP contribution < -0.4 is 11.1 Å². The number of nitrogens with zero attached hydrogens (tertiary/aromatic N) is 4. The quantitative estimate of drug-likeness (QED) is 0.482. The number of benzene rings is 1. The molecule has 1 aromatic carbocycles. The largest absolute Gasteiger partial charge is 0.368 e. The van der Waals surface area contributed by atoms with Crippen molar-refractivity contribution in [3.8, 4) is 5.82 Å². The lowest BCUT2D eigenvalue weighted by molar-refractivity contribution is -0.139. The summed E-state index contributed by atoms with van der Waals surface area (Å²) in [6, 6.07) is 7.78. The maximum Gasteiger partial charge on any atom is 0.234 e. The maximum atomic E-state index is 14.1. The number of likely N-dealkylation sites (N-methyl/N-ethyl adjacent to an activating group) is 1. The highest BCUT2D eigenvalue weighted by Gasteiger charge is 2.40. The zero-order chi connectivity index (χ0) is 25.9. The van der Waals surface area contributed by atoms with E-state index in [2.05, 4.69) is 15.3 Å². The van der Waals surface area contributed by atoms with Gasteiger partial charge >= 0.3 is 0 Å². The third kappa shape index (κ3) is 5.23. The van der Waals surface area contributed by atoms with Gasteiger partial charge in [-0.1, -0.05) is 19.3 Å². The van der Waals surface area contributed by atoms with Gasteiger partial charge in [0.2, 0.25) is 11.8 Å². The lowest BCUT2D eigenvalue weighted by Gasteiger charge is -2.35. The van der Waals surface area contributed by atoms with E-state index in [0.29, 0.717) is 18.8 Å². The molecule has 0 spiro atoms. The number of carbonyl (C=O) groups excluding carboxylic acids is 2. The van der Waals surface area contributed by atoms with Crippen LogP contribution in [-0.4, -0.2) is 50.9 Å². The molecule has 2 fully saturated rings. The van der Waals surface area contributed by atoms with Crippen LogP contribution in [0.25, 0.3) is 16.7 Å². The van der Waals surface area contributed by atoms with E-state index < -0.39 is 11.9 Å². The SMILES string of the molecule is CNC(CC(C(=O)N1CCCC1c1cc(-n2ccc3cc(F)ccc32)ncn1)C1CCCCC1)C(N)=O. The molecule has 5 rings (SSSR count). The molecule has 0 bridgehead atoms. The maximum absolute atomic E-state index is 14.1. The number of aromatic nitrogens is 3. The van der Waals surface area contributed by atoms with E-state index in [1.54, 1.807) is 13.1 Å². The fourth-order valence-corrected chi connectivity index (χ4v) is 6.20. The second-order valence-corrected chi connectivity index (χ2v) is 10.4. The zero-order valence-corrected chi connectivity index (χ0v) is 21.3. The van der Waals surface area contributed by atoms with Crippen molar-refractivity contribution in [2.45, 2.75) is 63.5 Å². The second-order valence-electron chi connectivity index (χ2n) is 10.4. The van der Waals surface area contributed by atoms with E-state index in [-0.39, 0.29) is 29.6 Å². The molecule has 37 heavy (non-hydrogen) atoms. The number of carbonyl (C=O) groups is 2. The predicted molar refractivity (Wildman–Crippen MR) is 139 cm³/mol. The molecule has 196 valence electrons. The van der Waals surface area contributed by atoms with Gasteiger partial charge in [-0.15, -0.1) is 0 Å². The summed E-state index contributed by atoms with van der Waals surface area (Å²) in [5, 5.41) is 3.80. The summed E-state index contributed by atoms with van der Waals surface area (Å²) in [6.45, 7) is 0.665. The third-order valence-electron chi connectivity index (χ3n) is 8.17. The summed E-state index contributed by atoms with van der Waals surface area (Å²) in [4.78, 5) is 37.1. The van der Waals surface area contributed by atoms with Crippen LogP contribution in [0.5, 0.6) is 0 Å². The van der Waals surface area contributed by atoms with E-state index >= 15 is 0 Å². The number of rotatable bonds is 8. The minimum absolute atomic E-state index is 0.0953. The number of halogens is 1. The summed E-state index contributed by atoms with van der Waals surface area (Å²) < 4.78 is 15.6. The number of primary amides is 1. The fraction of sp³-hybridized carbons (Fsp3) is 0.500. The minimum Gasteiger partial charge on any atom is -0.368 e. The normalized spacial score (nSPS) is 20.3. The van der Waals surface area contributed by atoms with Crippen molar-refractivity contribution >= 4 is 22.7 Å². The smallest absolute Gasteiger partial charge is 0.234 e. The molecule has 3 atom stereocenters. The van der Waals surface area contributed by atoms with Gasteiger partial charge in [0.15, 0.2) is 0 Å². The average molecular weight is 507 g/mol. The van der Waals surface area contributed by atoms with Crippen LogP contribution in [0.15, 0.2) is 42.9 Å². The van der Waals surface area contributed by atoms with Gasteiger partial charge in [0, 0.05) is 30.1 Å². The van der Waals surface area contributed by atoms with Crippen LogP contribution >= 0.6 is 0 Å². The highest BCUT2D eigenvalue weighted by Crippen LogP contribution is 2.38. The molecule has 9 heteroatoms. The average Bonchev–Trinajstić information content (AvgIpc) is 3.57. The molecule has 3 N–H and O–H groups in total. The monoisotopic (exact) mass is 506 g/mol. The van der Waals surface area contributed by atoms with Gasteiger partial charge in [0.25, 0.3) is 0 Å². The van der Waals surface area contributed by atoms with Crippen molar-refractivity contribution in [2.24, 2.45) is 17.6 Å². The lowest BCUT2D eigenvalue weighted by atomic mass is 9.76. The van der Waals surface area contributed by atoms with Gasteiger partial charge in [0.1, 0.15) is 18.0 Å². The fourth-order valence-electron chi connectivity index (χ4n) is 6.20. The standard InChI is InChI=1S/C28H35FN6O2/c1-31-23(27(30)36)15-21(18-6-3-2-4-7-18)28(37)35-12-5-8-25(35)22-16-26(33-17-32-22)34-13-11-19-14-20(29)9-10-24(19)34/h9-11,13-14,16-18,21,23,25,31H,2-8,12,15H2,1H3,(H2,30,36). The summed E-state index contributed by atoms with van der Waals surface area (Å²) in [5.41, 5.74) is 7.29. The first-order chi connectivity index (χ1) is 18.0. The highest BCUT2D eigenvalue weighted by molar-refractivity contribution is 5.84. The summed E-state index contributed by atoms with van der Waals surface area (Å²) in [6.07, 6.45) is 11.0. The number of hydrogen-bond donors (Lipinski definition) is 2. The molecule has 0 radical (unpaired) electrons. The van der Waals surface area contributed by atoms with Crippen LogP contribution in [-0.2, 0) is 9.59 Å². The number of fused-ring (bicyclic) bond motifs is 1. The first-order valence-electron chi connectivity index (χ1n) is 13.3. The van der Waals surface area contributed by atoms with Crippen LogP contribution in [0.3, 0.4) is 0 Å². The topological polar surface area (TPSA) is 106 Å². The molecule has 2 aromatic heterocycles. The van der Waals surface area contributed by atoms with E-state index in [1.165, 1.54) is 24.9 Å². The minimum atomic E-state index is -0.533. The molecule has 2 aliphatic rings. The molecule has 8 nitrogen and oxygen atoms in total. The Labute approximate surface area is 216 Å². The van der Waals surface area contributed by atoms with Crippen LogP contribution in [0.2, 0.25) is 0 Å². The highest BCUT2D eigenvalue weighted by atomic mass is 19.1. The second kappa shape index (κ2) is 11.0. The number of likely N-dealkylation sites (tertiary alicyclic amines) is 1. The van der Waals surface area contributed by atoms with Gasteiger partial charge < -0.3 is 20.5 Å². The Morgan fingerprint density at radius 2 is 1.92 bits per heavy atom. The molecule has 1 saturated carbocycles. The molecule has 2 amide bonds. The Kier molecular flexibility index (Phi) is 7.50. The summed E-state index contributed by atoms with van der Waals surface area (Å²) in [5.74, 6) is 0.0730. The third-order valence-corrected chi connectivity index (χ3v) is 8.17. The van der Waals surface area contributed by atoms with E-state index in [9.17, 15) is 14.0 Å². The van der Waals surface area contributed by atoms with Crippen LogP contribution in [0.4, 0.5) is 4.39 Å². The number of nitrogens with one attached hydrogen (secondary N) is 1. The van der Waals surface area contributed by atoms with Crippen molar-refractivity contribution in [3.05, 3.63) is 54.4 Å². The lowest BCUT2D eigenvalue weighted by Crippen LogP contribution is -2.46. The molecule has 1 saturated heterocycles. The molecule has 3 unspecified atom stereocenters. The molecular formula is C28H35FN6O2. The van der Waals surface area contributed by atoms with Crippen molar-refractivity contribution in [3.63, 3.8) is 0 Å². The number of nitrogens with two attached hydrogens (primary N) is 1. The van der Waals surface area contributed by atoms with Gasteiger partial charge in [-0.05, 0) is 69.3 Å². The summed E-state index contributed by atoms with van der Waals surface area (Å²) in [7, 11) is 1.72.